The van der Waals surface area contributed by atoms with Crippen molar-refractivity contribution < 1.29 is 4.79 Å². The van der Waals surface area contributed by atoms with Gasteiger partial charge in [0.25, 0.3) is 0 Å². The third kappa shape index (κ3) is 2.22. The molecular weight excluding hydrogens is 208 g/mol. The molecule has 0 bridgehead atoms. The predicted octanol–water partition coefficient (Wildman–Crippen LogP) is 1.91. The monoisotopic (exact) mass is 218 g/mol. The first-order chi connectivity index (χ1) is 7.27. The third-order valence-corrected chi connectivity index (χ3v) is 2.81. The SMILES string of the molecule is N=c1sccn1CC(=O)c1ccccc1. The Morgan fingerprint density at radius 3 is 2.67 bits per heavy atom. The van der Waals surface area contributed by atoms with E-state index in [-0.39, 0.29) is 12.3 Å². The molecule has 3 nitrogen and oxygen atoms in total. The molecule has 0 saturated carbocycles. The molecule has 0 spiro atoms. The number of benzene rings is 1. The number of ketones is 1. The molecule has 1 N–H and O–H groups in total. The number of nitrogens with zero attached hydrogens (tertiary/aromatic N) is 1. The van der Waals surface area contributed by atoms with E-state index in [1.54, 1.807) is 28.3 Å². The molecule has 2 rings (SSSR count). The van der Waals surface area contributed by atoms with Gasteiger partial charge in [0.1, 0.15) is 0 Å². The van der Waals surface area contributed by atoms with Gasteiger partial charge < -0.3 is 4.57 Å². The van der Waals surface area contributed by atoms with Crippen LogP contribution in [-0.2, 0) is 6.54 Å². The van der Waals surface area contributed by atoms with E-state index in [1.807, 2.05) is 18.2 Å². The van der Waals surface area contributed by atoms with Gasteiger partial charge in [-0.05, 0) is 0 Å². The van der Waals surface area contributed by atoms with Crippen molar-refractivity contribution in [3.63, 3.8) is 0 Å². The van der Waals surface area contributed by atoms with E-state index in [1.165, 1.54) is 11.3 Å². The lowest BCUT2D eigenvalue weighted by molar-refractivity contribution is 0.0971. The van der Waals surface area contributed by atoms with Crippen LogP contribution in [0.3, 0.4) is 0 Å². The first-order valence-electron chi connectivity index (χ1n) is 4.54. The van der Waals surface area contributed by atoms with E-state index in [0.717, 1.165) is 0 Å². The molecular formula is C11H10N2OS. The number of Topliss-reactive ketones (excluding diaryl/α,β-unsaturated/α-hetero) is 1. The summed E-state index contributed by atoms with van der Waals surface area (Å²) in [6.07, 6.45) is 1.76. The summed E-state index contributed by atoms with van der Waals surface area (Å²) in [5.74, 6) is 0.0347. The highest BCUT2D eigenvalue weighted by Gasteiger charge is 2.05. The lowest BCUT2D eigenvalue weighted by atomic mass is 10.1. The Hall–Kier alpha value is -1.68. The molecule has 0 saturated heterocycles. The molecule has 1 aromatic heterocycles. The van der Waals surface area contributed by atoms with Gasteiger partial charge in [-0.15, -0.1) is 11.3 Å². The molecule has 0 fully saturated rings. The molecule has 0 radical (unpaired) electrons. The van der Waals surface area contributed by atoms with E-state index in [9.17, 15) is 4.79 Å². The number of thiazole rings is 1. The normalized spacial score (nSPS) is 10.1. The number of hydrogen-bond acceptors (Lipinski definition) is 3. The van der Waals surface area contributed by atoms with Gasteiger partial charge in [0.15, 0.2) is 10.6 Å². The molecule has 1 heterocycles. The quantitative estimate of drug-likeness (QED) is 0.786. The van der Waals surface area contributed by atoms with Crippen molar-refractivity contribution in [2.45, 2.75) is 6.54 Å². The van der Waals surface area contributed by atoms with Crippen molar-refractivity contribution in [3.8, 4) is 0 Å². The minimum Gasteiger partial charge on any atom is -0.316 e. The molecule has 0 atom stereocenters. The van der Waals surface area contributed by atoms with E-state index < -0.39 is 0 Å². The topological polar surface area (TPSA) is 45.9 Å². The average molecular weight is 218 g/mol. The Bertz CT molecular complexity index is 513. The highest BCUT2D eigenvalue weighted by Crippen LogP contribution is 2.01. The van der Waals surface area contributed by atoms with Gasteiger partial charge >= 0.3 is 0 Å². The van der Waals surface area contributed by atoms with Gasteiger partial charge in [0, 0.05) is 17.1 Å². The predicted molar refractivity (Wildman–Crippen MR) is 58.9 cm³/mol. The van der Waals surface area contributed by atoms with Crippen molar-refractivity contribution in [3.05, 3.63) is 52.3 Å². The van der Waals surface area contributed by atoms with Crippen LogP contribution in [0.2, 0.25) is 0 Å². The van der Waals surface area contributed by atoms with Crippen molar-refractivity contribution in [1.29, 1.82) is 5.41 Å². The zero-order valence-electron chi connectivity index (χ0n) is 8.01. The van der Waals surface area contributed by atoms with Gasteiger partial charge in [0.2, 0.25) is 0 Å². The number of carbonyl (C=O) groups is 1. The summed E-state index contributed by atoms with van der Waals surface area (Å²) in [5.41, 5.74) is 0.690. The van der Waals surface area contributed by atoms with Crippen LogP contribution >= 0.6 is 11.3 Å². The Morgan fingerprint density at radius 1 is 1.33 bits per heavy atom. The fourth-order valence-electron chi connectivity index (χ4n) is 1.30. The molecule has 76 valence electrons. The van der Waals surface area contributed by atoms with Crippen LogP contribution in [0.4, 0.5) is 0 Å². The summed E-state index contributed by atoms with van der Waals surface area (Å²) in [4.78, 5) is 12.2. The van der Waals surface area contributed by atoms with E-state index in [4.69, 9.17) is 5.41 Å². The van der Waals surface area contributed by atoms with Gasteiger partial charge in [-0.2, -0.15) is 0 Å². The Morgan fingerprint density at radius 2 is 2.07 bits per heavy atom. The summed E-state index contributed by atoms with van der Waals surface area (Å²) in [6, 6.07) is 9.14. The number of carbonyl (C=O) groups excluding carboxylic acids is 1. The maximum absolute atomic E-state index is 11.8. The fourth-order valence-corrected chi connectivity index (χ4v) is 1.90. The minimum absolute atomic E-state index is 0.0347. The van der Waals surface area contributed by atoms with Crippen LogP contribution in [0.1, 0.15) is 10.4 Å². The van der Waals surface area contributed by atoms with Crippen LogP contribution in [0.5, 0.6) is 0 Å². The maximum atomic E-state index is 11.8. The fraction of sp³-hybridized carbons (Fsp3) is 0.0909. The molecule has 2 aromatic rings. The Balaban J connectivity index is 2.18. The van der Waals surface area contributed by atoms with Gasteiger partial charge in [-0.3, -0.25) is 10.2 Å². The van der Waals surface area contributed by atoms with Crippen molar-refractivity contribution in [2.75, 3.05) is 0 Å². The lowest BCUT2D eigenvalue weighted by Gasteiger charge is -2.01. The molecule has 15 heavy (non-hydrogen) atoms. The first kappa shape index (κ1) is 9.86. The molecule has 0 unspecified atom stereocenters. The van der Waals surface area contributed by atoms with Crippen molar-refractivity contribution in [2.24, 2.45) is 0 Å². The number of aromatic nitrogens is 1. The van der Waals surface area contributed by atoms with Gasteiger partial charge in [0.05, 0.1) is 6.54 Å². The number of rotatable bonds is 3. The molecule has 0 aliphatic rings. The zero-order chi connectivity index (χ0) is 10.7. The average Bonchev–Trinajstić information content (AvgIpc) is 2.66. The largest absolute Gasteiger partial charge is 0.316 e. The van der Waals surface area contributed by atoms with Crippen LogP contribution in [-0.4, -0.2) is 10.4 Å². The summed E-state index contributed by atoms with van der Waals surface area (Å²) in [6.45, 7) is 0.242. The summed E-state index contributed by atoms with van der Waals surface area (Å²) in [5, 5.41) is 9.34. The van der Waals surface area contributed by atoms with Gasteiger partial charge in [-0.1, -0.05) is 30.3 Å². The standard InChI is InChI=1S/C11H10N2OS/c12-11-13(6-7-15-11)8-10(14)9-4-2-1-3-5-9/h1-7,12H,8H2. The highest BCUT2D eigenvalue weighted by molar-refractivity contribution is 7.06. The van der Waals surface area contributed by atoms with Crippen LogP contribution in [0.25, 0.3) is 0 Å². The summed E-state index contributed by atoms with van der Waals surface area (Å²) < 4.78 is 1.64. The Kier molecular flexibility index (Phi) is 2.78. The molecule has 4 heteroatoms. The summed E-state index contributed by atoms with van der Waals surface area (Å²) >= 11 is 1.32. The second-order valence-electron chi connectivity index (χ2n) is 3.13. The smallest absolute Gasteiger partial charge is 0.182 e. The van der Waals surface area contributed by atoms with Crippen molar-refractivity contribution in [1.82, 2.24) is 4.57 Å². The number of nitrogens with one attached hydrogen (secondary N) is 1. The molecule has 0 amide bonds. The molecule has 1 aromatic carbocycles. The van der Waals surface area contributed by atoms with E-state index in [2.05, 4.69) is 0 Å². The first-order valence-corrected chi connectivity index (χ1v) is 5.42. The zero-order valence-corrected chi connectivity index (χ0v) is 8.83. The maximum Gasteiger partial charge on any atom is 0.182 e. The Labute approximate surface area is 91.1 Å². The lowest BCUT2D eigenvalue weighted by Crippen LogP contribution is -2.18. The van der Waals surface area contributed by atoms with Gasteiger partial charge in [-0.25, -0.2) is 0 Å². The second-order valence-corrected chi connectivity index (χ2v) is 4.02. The molecule has 0 aliphatic carbocycles. The second kappa shape index (κ2) is 4.23. The summed E-state index contributed by atoms with van der Waals surface area (Å²) in [7, 11) is 0. The van der Waals surface area contributed by atoms with Crippen LogP contribution in [0, 0.1) is 5.41 Å². The van der Waals surface area contributed by atoms with Crippen LogP contribution in [0.15, 0.2) is 41.9 Å². The third-order valence-electron chi connectivity index (χ3n) is 2.09. The molecule has 0 aliphatic heterocycles. The van der Waals surface area contributed by atoms with E-state index in [0.29, 0.717) is 10.4 Å². The van der Waals surface area contributed by atoms with Crippen LogP contribution < -0.4 is 4.80 Å². The number of hydrogen-bond donors (Lipinski definition) is 1. The van der Waals surface area contributed by atoms with E-state index >= 15 is 0 Å². The van der Waals surface area contributed by atoms with Crippen molar-refractivity contribution >= 4 is 17.1 Å². The minimum atomic E-state index is 0.0347. The highest BCUT2D eigenvalue weighted by atomic mass is 32.1.